The normalized spacial score (nSPS) is 20.2. The number of nitrogen functional groups attached to an aromatic ring is 1. The van der Waals surface area contributed by atoms with Gasteiger partial charge < -0.3 is 10.6 Å². The number of hydrogen-bond donors (Lipinski definition) is 2. The Kier molecular flexibility index (Phi) is 3.91. The number of H-pyrrole nitrogens is 1. The van der Waals surface area contributed by atoms with Gasteiger partial charge >= 0.3 is 0 Å². The highest BCUT2D eigenvalue weighted by molar-refractivity contribution is 5.95. The minimum Gasteiger partial charge on any atom is -0.396 e. The van der Waals surface area contributed by atoms with Gasteiger partial charge in [-0.05, 0) is 37.6 Å². The van der Waals surface area contributed by atoms with E-state index in [0.29, 0.717) is 17.8 Å². The third-order valence-corrected chi connectivity index (χ3v) is 4.97. The molecule has 25 heavy (non-hydrogen) atoms. The molecule has 4 rings (SSSR count). The van der Waals surface area contributed by atoms with Gasteiger partial charge in [0.05, 0.1) is 23.3 Å². The van der Waals surface area contributed by atoms with E-state index in [9.17, 15) is 4.79 Å². The molecule has 7 heteroatoms. The number of nitrogens with one attached hydrogen (secondary N) is 1. The lowest BCUT2D eigenvalue weighted by Crippen LogP contribution is -2.28. The Hall–Kier alpha value is -2.83. The van der Waals surface area contributed by atoms with Crippen LogP contribution in [0.4, 0.5) is 11.4 Å². The summed E-state index contributed by atoms with van der Waals surface area (Å²) in [6, 6.07) is 7.71. The number of hydrazone groups is 1. The maximum atomic E-state index is 12.8. The van der Waals surface area contributed by atoms with Gasteiger partial charge in [0.1, 0.15) is 0 Å². The fourth-order valence-corrected chi connectivity index (χ4v) is 3.53. The molecule has 1 unspecified atom stereocenters. The Morgan fingerprint density at radius 1 is 1.28 bits per heavy atom. The molecule has 1 aromatic heterocycles. The second kappa shape index (κ2) is 6.23. The van der Waals surface area contributed by atoms with Crippen LogP contribution >= 0.6 is 0 Å². The molecule has 1 saturated heterocycles. The third-order valence-electron chi connectivity index (χ3n) is 4.97. The van der Waals surface area contributed by atoms with Crippen molar-refractivity contribution in [1.29, 1.82) is 0 Å². The largest absolute Gasteiger partial charge is 0.396 e. The zero-order chi connectivity index (χ0) is 17.4. The first kappa shape index (κ1) is 15.7. The summed E-state index contributed by atoms with van der Waals surface area (Å²) in [5.41, 5.74) is 10.4. The lowest BCUT2D eigenvalue weighted by atomic mass is 10.0. The predicted octanol–water partition coefficient (Wildman–Crippen LogP) is 2.21. The molecule has 0 saturated carbocycles. The Morgan fingerprint density at radius 3 is 2.72 bits per heavy atom. The Morgan fingerprint density at radius 2 is 2.08 bits per heavy atom. The van der Waals surface area contributed by atoms with Crippen LogP contribution in [0, 0.1) is 0 Å². The van der Waals surface area contributed by atoms with Crippen LogP contribution in [0.3, 0.4) is 0 Å². The summed E-state index contributed by atoms with van der Waals surface area (Å²) >= 11 is 0. The van der Waals surface area contributed by atoms with E-state index in [0.717, 1.165) is 43.0 Å². The number of carbonyl (C=O) groups is 1. The molecule has 130 valence electrons. The zero-order valence-corrected chi connectivity index (χ0v) is 14.3. The van der Waals surface area contributed by atoms with Gasteiger partial charge in [0.25, 0.3) is 5.91 Å². The van der Waals surface area contributed by atoms with Crippen LogP contribution in [-0.2, 0) is 0 Å². The number of benzene rings is 1. The molecule has 2 aliphatic rings. The summed E-state index contributed by atoms with van der Waals surface area (Å²) in [5, 5.41) is 13.4. The fourth-order valence-electron chi connectivity index (χ4n) is 3.53. The van der Waals surface area contributed by atoms with Gasteiger partial charge in [-0.2, -0.15) is 10.2 Å². The lowest BCUT2D eigenvalue weighted by Gasteiger charge is -2.18. The predicted molar refractivity (Wildman–Crippen MR) is 97.8 cm³/mol. The molecule has 1 atom stereocenters. The molecule has 1 aromatic carbocycles. The van der Waals surface area contributed by atoms with Crippen LogP contribution in [0.1, 0.15) is 41.7 Å². The smallest absolute Gasteiger partial charge is 0.253 e. The average molecular weight is 338 g/mol. The highest BCUT2D eigenvalue weighted by Gasteiger charge is 2.30. The standard InChI is InChI=1S/C18H22N6O/c1-12-6-9-24(22-12)15-4-2-13(3-5-15)18(25)23-8-7-14(11-23)17-16(19)10-20-21-17/h2-5,10,14H,6-9,11,19H2,1H3,(H,20,21). The molecule has 0 spiro atoms. The fraction of sp³-hybridized carbons (Fsp3) is 0.389. The van der Waals surface area contributed by atoms with Crippen LogP contribution < -0.4 is 10.7 Å². The molecule has 7 nitrogen and oxygen atoms in total. The van der Waals surface area contributed by atoms with Crippen LogP contribution in [0.15, 0.2) is 35.6 Å². The lowest BCUT2D eigenvalue weighted by molar-refractivity contribution is 0.0790. The van der Waals surface area contributed by atoms with E-state index < -0.39 is 0 Å². The molecule has 1 fully saturated rings. The summed E-state index contributed by atoms with van der Waals surface area (Å²) in [4.78, 5) is 14.6. The molecule has 3 N–H and O–H groups in total. The molecule has 0 aliphatic carbocycles. The minimum absolute atomic E-state index is 0.0632. The molecule has 1 amide bonds. The van der Waals surface area contributed by atoms with Gasteiger partial charge in [-0.1, -0.05) is 0 Å². The van der Waals surface area contributed by atoms with E-state index >= 15 is 0 Å². The monoisotopic (exact) mass is 338 g/mol. The van der Waals surface area contributed by atoms with Crippen molar-refractivity contribution in [3.8, 4) is 0 Å². The number of aromatic amines is 1. The molecule has 2 aromatic rings. The third kappa shape index (κ3) is 2.97. The summed E-state index contributed by atoms with van der Waals surface area (Å²) in [6.07, 6.45) is 3.52. The first-order valence-corrected chi connectivity index (χ1v) is 8.61. The molecule has 3 heterocycles. The zero-order valence-electron chi connectivity index (χ0n) is 14.3. The Balaban J connectivity index is 1.44. The first-order chi connectivity index (χ1) is 12.1. The van der Waals surface area contributed by atoms with E-state index in [4.69, 9.17) is 5.73 Å². The van der Waals surface area contributed by atoms with Gasteiger partial charge in [-0.25, -0.2) is 0 Å². The van der Waals surface area contributed by atoms with Gasteiger partial charge in [0.15, 0.2) is 0 Å². The second-order valence-corrected chi connectivity index (χ2v) is 6.73. The first-order valence-electron chi connectivity index (χ1n) is 8.61. The summed E-state index contributed by atoms with van der Waals surface area (Å²) in [6.45, 7) is 4.34. The number of amides is 1. The van der Waals surface area contributed by atoms with Gasteiger partial charge in [0.2, 0.25) is 0 Å². The van der Waals surface area contributed by atoms with Gasteiger partial charge in [-0.3, -0.25) is 14.9 Å². The van der Waals surface area contributed by atoms with Crippen LogP contribution in [0.5, 0.6) is 0 Å². The van der Waals surface area contributed by atoms with E-state index in [1.54, 1.807) is 6.20 Å². The van der Waals surface area contributed by atoms with Gasteiger partial charge in [0, 0.05) is 43.2 Å². The number of nitrogens with two attached hydrogens (primary N) is 1. The van der Waals surface area contributed by atoms with E-state index in [2.05, 4.69) is 15.3 Å². The summed E-state index contributed by atoms with van der Waals surface area (Å²) in [7, 11) is 0. The maximum Gasteiger partial charge on any atom is 0.253 e. The molecule has 2 aliphatic heterocycles. The van der Waals surface area contributed by atoms with Crippen LogP contribution in [0.25, 0.3) is 0 Å². The Bertz CT molecular complexity index is 809. The van der Waals surface area contributed by atoms with Crippen molar-refractivity contribution in [3.63, 3.8) is 0 Å². The number of nitrogens with zero attached hydrogens (tertiary/aromatic N) is 4. The summed E-state index contributed by atoms with van der Waals surface area (Å²) < 4.78 is 0. The SMILES string of the molecule is CC1=NN(c2ccc(C(=O)N3CCC(c4[nH]ncc4N)C3)cc2)CC1. The van der Waals surface area contributed by atoms with E-state index in [-0.39, 0.29) is 11.8 Å². The van der Waals surface area contributed by atoms with Crippen molar-refractivity contribution in [2.24, 2.45) is 5.10 Å². The van der Waals surface area contributed by atoms with Crippen LogP contribution in [0.2, 0.25) is 0 Å². The highest BCUT2D eigenvalue weighted by atomic mass is 16.2. The summed E-state index contributed by atoms with van der Waals surface area (Å²) in [5.74, 6) is 0.292. The number of carbonyl (C=O) groups excluding carboxylic acids is 1. The maximum absolute atomic E-state index is 12.8. The number of likely N-dealkylation sites (tertiary alicyclic amines) is 1. The molecule has 0 bridgehead atoms. The quantitative estimate of drug-likeness (QED) is 0.898. The van der Waals surface area contributed by atoms with Crippen molar-refractivity contribution >= 4 is 23.0 Å². The topological polar surface area (TPSA) is 90.6 Å². The second-order valence-electron chi connectivity index (χ2n) is 6.73. The number of aromatic nitrogens is 2. The molecular formula is C18H22N6O. The van der Waals surface area contributed by atoms with E-state index in [1.807, 2.05) is 41.1 Å². The molecular weight excluding hydrogens is 316 g/mol. The van der Waals surface area contributed by atoms with Crippen molar-refractivity contribution in [1.82, 2.24) is 15.1 Å². The van der Waals surface area contributed by atoms with Gasteiger partial charge in [-0.15, -0.1) is 0 Å². The van der Waals surface area contributed by atoms with E-state index in [1.165, 1.54) is 0 Å². The van der Waals surface area contributed by atoms with Crippen LogP contribution in [-0.4, -0.2) is 46.4 Å². The van der Waals surface area contributed by atoms with Crippen molar-refractivity contribution in [2.45, 2.75) is 25.7 Å². The number of rotatable bonds is 3. The highest BCUT2D eigenvalue weighted by Crippen LogP contribution is 2.30. The molecule has 0 radical (unpaired) electrons. The number of hydrogen-bond acceptors (Lipinski definition) is 5. The van der Waals surface area contributed by atoms with Crippen molar-refractivity contribution < 1.29 is 4.79 Å². The Labute approximate surface area is 146 Å². The number of anilines is 2. The average Bonchev–Trinajstić information content (AvgIpc) is 3.35. The van der Waals surface area contributed by atoms with Crippen molar-refractivity contribution in [3.05, 3.63) is 41.7 Å². The van der Waals surface area contributed by atoms with Crippen molar-refractivity contribution in [2.75, 3.05) is 30.4 Å². The minimum atomic E-state index is 0.0632.